The maximum absolute atomic E-state index is 12.0. The van der Waals surface area contributed by atoms with E-state index in [4.69, 9.17) is 9.47 Å². The number of hydrogen-bond acceptors (Lipinski definition) is 7. The van der Waals surface area contributed by atoms with E-state index < -0.39 is 5.97 Å². The monoisotopic (exact) mass is 373 g/mol. The van der Waals surface area contributed by atoms with Gasteiger partial charge in [0.2, 0.25) is 0 Å². The molecule has 1 heterocycles. The number of Topliss-reactive ketones (excluding diaryl/α,β-unsaturated/α-hetero) is 1. The summed E-state index contributed by atoms with van der Waals surface area (Å²) in [6.45, 7) is -0.272. The molecule has 0 aliphatic heterocycles. The molecule has 0 N–H and O–H groups in total. The zero-order chi connectivity index (χ0) is 17.6. The second-order valence-corrected chi connectivity index (χ2v) is 7.30. The second kappa shape index (κ2) is 8.13. The molecule has 5 nitrogen and oxygen atoms in total. The van der Waals surface area contributed by atoms with Gasteiger partial charge in [-0.15, -0.1) is 11.3 Å². The number of carbonyl (C=O) groups is 2. The van der Waals surface area contributed by atoms with Crippen LogP contribution in [0.5, 0.6) is 5.75 Å². The Hall–Kier alpha value is -2.38. The summed E-state index contributed by atoms with van der Waals surface area (Å²) in [7, 11) is 1.56. The molecule has 0 spiro atoms. The van der Waals surface area contributed by atoms with Crippen LogP contribution in [-0.2, 0) is 9.53 Å². The van der Waals surface area contributed by atoms with Gasteiger partial charge in [0.15, 0.2) is 16.7 Å². The van der Waals surface area contributed by atoms with Gasteiger partial charge in [-0.1, -0.05) is 23.9 Å². The van der Waals surface area contributed by atoms with Crippen LogP contribution < -0.4 is 4.74 Å². The van der Waals surface area contributed by atoms with Crippen molar-refractivity contribution < 1.29 is 19.1 Å². The van der Waals surface area contributed by atoms with Crippen LogP contribution in [0.25, 0.3) is 10.2 Å². The van der Waals surface area contributed by atoms with Crippen molar-refractivity contribution in [3.05, 3.63) is 54.1 Å². The maximum atomic E-state index is 12.0. The number of hydrogen-bond donors (Lipinski definition) is 0. The average Bonchev–Trinajstić information content (AvgIpc) is 3.07. The third-order valence-corrected chi connectivity index (χ3v) is 5.52. The van der Waals surface area contributed by atoms with Crippen LogP contribution in [0.4, 0.5) is 0 Å². The summed E-state index contributed by atoms with van der Waals surface area (Å²) in [5.41, 5.74) is 1.39. The maximum Gasteiger partial charge on any atom is 0.316 e. The highest BCUT2D eigenvalue weighted by Crippen LogP contribution is 2.29. The molecular formula is C18H15NO4S2. The van der Waals surface area contributed by atoms with Gasteiger partial charge in [-0.2, -0.15) is 0 Å². The second-order valence-electron chi connectivity index (χ2n) is 5.05. The molecule has 2 aromatic carbocycles. The Morgan fingerprint density at radius 1 is 1.12 bits per heavy atom. The number of fused-ring (bicyclic) bond motifs is 1. The fraction of sp³-hybridized carbons (Fsp3) is 0.167. The van der Waals surface area contributed by atoms with Crippen LogP contribution in [0.15, 0.2) is 52.9 Å². The number of rotatable bonds is 7. The standard InChI is InChI=1S/C18H15NO4S2/c1-22-13-8-6-12(7-9-13)15(20)10-23-17(21)11-24-18-19-14-4-2-3-5-16(14)25-18/h2-9H,10-11H2,1H3. The number of nitrogens with zero attached hydrogens (tertiary/aromatic N) is 1. The Balaban J connectivity index is 1.47. The number of aromatic nitrogens is 1. The molecule has 0 amide bonds. The molecule has 0 aliphatic rings. The number of methoxy groups -OCH3 is 1. The van der Waals surface area contributed by atoms with E-state index in [1.807, 2.05) is 24.3 Å². The minimum absolute atomic E-state index is 0.121. The van der Waals surface area contributed by atoms with Gasteiger partial charge in [-0.25, -0.2) is 4.98 Å². The Morgan fingerprint density at radius 3 is 2.60 bits per heavy atom. The first-order chi connectivity index (χ1) is 12.2. The molecule has 0 bridgehead atoms. The van der Waals surface area contributed by atoms with Crippen molar-refractivity contribution in [1.29, 1.82) is 0 Å². The fourth-order valence-corrected chi connectivity index (χ4v) is 3.95. The predicted molar refractivity (Wildman–Crippen MR) is 98.6 cm³/mol. The molecule has 0 fully saturated rings. The number of benzene rings is 2. The highest BCUT2D eigenvalue weighted by Gasteiger charge is 2.12. The van der Waals surface area contributed by atoms with Crippen LogP contribution in [-0.4, -0.2) is 36.2 Å². The molecule has 3 aromatic rings. The smallest absolute Gasteiger partial charge is 0.316 e. The van der Waals surface area contributed by atoms with E-state index in [-0.39, 0.29) is 18.1 Å². The number of ketones is 1. The molecule has 128 valence electrons. The van der Waals surface area contributed by atoms with E-state index in [0.29, 0.717) is 11.3 Å². The van der Waals surface area contributed by atoms with E-state index in [1.54, 1.807) is 31.4 Å². The van der Waals surface area contributed by atoms with Gasteiger partial charge in [0.05, 0.1) is 23.1 Å². The molecule has 0 unspecified atom stereocenters. The first kappa shape index (κ1) is 17.4. The predicted octanol–water partition coefficient (Wildman–Crippen LogP) is 3.82. The number of thioether (sulfide) groups is 1. The van der Waals surface area contributed by atoms with Crippen molar-refractivity contribution in [3.63, 3.8) is 0 Å². The minimum atomic E-state index is -0.439. The highest BCUT2D eigenvalue weighted by atomic mass is 32.2. The van der Waals surface area contributed by atoms with E-state index >= 15 is 0 Å². The number of ether oxygens (including phenoxy) is 2. The quantitative estimate of drug-likeness (QED) is 0.356. The third kappa shape index (κ3) is 4.58. The Bertz CT molecular complexity index is 856. The molecule has 25 heavy (non-hydrogen) atoms. The van der Waals surface area contributed by atoms with Gasteiger partial charge in [0, 0.05) is 5.56 Å². The lowest BCUT2D eigenvalue weighted by molar-refractivity contribution is -0.139. The van der Waals surface area contributed by atoms with E-state index in [2.05, 4.69) is 4.98 Å². The van der Waals surface area contributed by atoms with Crippen molar-refractivity contribution >= 4 is 45.1 Å². The van der Waals surface area contributed by atoms with Crippen molar-refractivity contribution in [3.8, 4) is 5.75 Å². The molecule has 0 saturated carbocycles. The highest BCUT2D eigenvalue weighted by molar-refractivity contribution is 8.01. The fourth-order valence-electron chi connectivity index (χ4n) is 2.08. The number of esters is 1. The van der Waals surface area contributed by atoms with Crippen molar-refractivity contribution in [1.82, 2.24) is 4.98 Å². The lowest BCUT2D eigenvalue weighted by Gasteiger charge is -2.04. The zero-order valence-corrected chi connectivity index (χ0v) is 15.1. The molecule has 0 atom stereocenters. The van der Waals surface area contributed by atoms with Crippen molar-refractivity contribution in [2.45, 2.75) is 4.34 Å². The Kier molecular flexibility index (Phi) is 5.67. The summed E-state index contributed by atoms with van der Waals surface area (Å²) in [4.78, 5) is 28.3. The van der Waals surface area contributed by atoms with Gasteiger partial charge in [0.1, 0.15) is 5.75 Å². The molecule has 1 aromatic heterocycles. The van der Waals surface area contributed by atoms with Gasteiger partial charge in [0.25, 0.3) is 0 Å². The number of thiazole rings is 1. The molecule has 0 saturated heterocycles. The van der Waals surface area contributed by atoms with E-state index in [1.165, 1.54) is 23.1 Å². The van der Waals surface area contributed by atoms with Gasteiger partial charge in [-0.05, 0) is 36.4 Å². The number of carbonyl (C=O) groups excluding carboxylic acids is 2. The lowest BCUT2D eigenvalue weighted by atomic mass is 10.1. The molecule has 7 heteroatoms. The Labute approximate surface area is 153 Å². The van der Waals surface area contributed by atoms with Gasteiger partial charge in [-0.3, -0.25) is 9.59 Å². The van der Waals surface area contributed by atoms with E-state index in [9.17, 15) is 9.59 Å². The number of para-hydroxylation sites is 1. The van der Waals surface area contributed by atoms with Crippen molar-refractivity contribution in [2.24, 2.45) is 0 Å². The van der Waals surface area contributed by atoms with Gasteiger partial charge >= 0.3 is 5.97 Å². The van der Waals surface area contributed by atoms with Crippen molar-refractivity contribution in [2.75, 3.05) is 19.5 Å². The molecule has 0 radical (unpaired) electrons. The minimum Gasteiger partial charge on any atom is -0.497 e. The molecular weight excluding hydrogens is 358 g/mol. The van der Waals surface area contributed by atoms with Crippen LogP contribution in [0.3, 0.4) is 0 Å². The third-order valence-electron chi connectivity index (χ3n) is 3.36. The first-order valence-electron chi connectivity index (χ1n) is 7.47. The van der Waals surface area contributed by atoms with E-state index in [0.717, 1.165) is 14.6 Å². The summed E-state index contributed by atoms with van der Waals surface area (Å²) in [6.07, 6.45) is 0. The average molecular weight is 373 g/mol. The first-order valence-corrected chi connectivity index (χ1v) is 9.27. The van der Waals surface area contributed by atoms with Crippen LogP contribution in [0, 0.1) is 0 Å². The lowest BCUT2D eigenvalue weighted by Crippen LogP contribution is -2.15. The van der Waals surface area contributed by atoms with Crippen LogP contribution >= 0.6 is 23.1 Å². The summed E-state index contributed by atoms with van der Waals surface area (Å²) < 4.78 is 12.0. The van der Waals surface area contributed by atoms with Crippen LogP contribution in [0.1, 0.15) is 10.4 Å². The summed E-state index contributed by atoms with van der Waals surface area (Å²) in [5, 5.41) is 0. The molecule has 0 aliphatic carbocycles. The zero-order valence-electron chi connectivity index (χ0n) is 13.4. The topological polar surface area (TPSA) is 65.5 Å². The Morgan fingerprint density at radius 2 is 1.88 bits per heavy atom. The van der Waals surface area contributed by atoms with Crippen LogP contribution in [0.2, 0.25) is 0 Å². The normalized spacial score (nSPS) is 10.6. The molecule has 3 rings (SSSR count). The largest absolute Gasteiger partial charge is 0.497 e. The van der Waals surface area contributed by atoms with Gasteiger partial charge < -0.3 is 9.47 Å². The summed E-state index contributed by atoms with van der Waals surface area (Å²) >= 11 is 2.84. The summed E-state index contributed by atoms with van der Waals surface area (Å²) in [5.74, 6) is 0.100. The SMILES string of the molecule is COc1ccc(C(=O)COC(=O)CSc2nc3ccccc3s2)cc1. The summed E-state index contributed by atoms with van der Waals surface area (Å²) in [6, 6.07) is 14.5.